The summed E-state index contributed by atoms with van der Waals surface area (Å²) in [4.78, 5) is 28.3. The van der Waals surface area contributed by atoms with E-state index in [9.17, 15) is 14.0 Å². The molecule has 1 aromatic heterocycles. The smallest absolute Gasteiger partial charge is 0.257 e. The Kier molecular flexibility index (Phi) is 6.62. The zero-order valence-electron chi connectivity index (χ0n) is 19.9. The molecule has 5 rings (SSSR count). The molecule has 3 aromatic carbocycles. The van der Waals surface area contributed by atoms with Gasteiger partial charge in [-0.25, -0.2) is 9.07 Å². The van der Waals surface area contributed by atoms with E-state index < -0.39 is 0 Å². The number of ether oxygens (including phenoxy) is 1. The molecule has 0 saturated carbocycles. The summed E-state index contributed by atoms with van der Waals surface area (Å²) < 4.78 is 20.4. The summed E-state index contributed by atoms with van der Waals surface area (Å²) >= 11 is 0. The highest BCUT2D eigenvalue weighted by Gasteiger charge is 2.30. The average molecular weight is 484 g/mol. The standard InChI is InChI=1S/C29H26FN3O3/c1-36-25-9-5-8-22(18-25)27-26(19-33(31-27)24-12-10-23(30)11-13-24)29(35)32-16-14-21(15-17-32)28(34)20-6-3-2-4-7-20/h2-13,18-19,21H,14-17H2,1H3. The van der Waals surface area contributed by atoms with Crippen molar-refractivity contribution < 1.29 is 18.7 Å². The topological polar surface area (TPSA) is 64.4 Å². The third-order valence-electron chi connectivity index (χ3n) is 6.59. The van der Waals surface area contributed by atoms with Crippen LogP contribution >= 0.6 is 0 Å². The molecule has 0 N–H and O–H groups in total. The van der Waals surface area contributed by atoms with Gasteiger partial charge in [-0.1, -0.05) is 42.5 Å². The first-order valence-corrected chi connectivity index (χ1v) is 11.9. The highest BCUT2D eigenvalue weighted by atomic mass is 19.1. The molecule has 0 spiro atoms. The van der Waals surface area contributed by atoms with Gasteiger partial charge < -0.3 is 9.64 Å². The van der Waals surface area contributed by atoms with E-state index in [1.165, 1.54) is 12.1 Å². The van der Waals surface area contributed by atoms with E-state index in [2.05, 4.69) is 0 Å². The van der Waals surface area contributed by atoms with Crippen molar-refractivity contribution in [1.29, 1.82) is 0 Å². The molecule has 1 fully saturated rings. The van der Waals surface area contributed by atoms with Crippen molar-refractivity contribution in [2.45, 2.75) is 12.8 Å². The van der Waals surface area contributed by atoms with Crippen molar-refractivity contribution in [3.05, 3.63) is 102 Å². The number of carbonyl (C=O) groups is 2. The number of amides is 1. The van der Waals surface area contributed by atoms with Crippen LogP contribution in [0.3, 0.4) is 0 Å². The van der Waals surface area contributed by atoms with Crippen LogP contribution in [0, 0.1) is 11.7 Å². The fraction of sp³-hybridized carbons (Fsp3) is 0.207. The van der Waals surface area contributed by atoms with E-state index in [0.717, 1.165) is 5.56 Å². The summed E-state index contributed by atoms with van der Waals surface area (Å²) in [6, 6.07) is 22.6. The SMILES string of the molecule is COc1cccc(-c2nn(-c3ccc(F)cc3)cc2C(=O)N2CCC(C(=O)c3ccccc3)CC2)c1. The number of Topliss-reactive ketones (excluding diaryl/α,β-unsaturated/α-hetero) is 1. The Morgan fingerprint density at radius 2 is 1.67 bits per heavy atom. The van der Waals surface area contributed by atoms with Gasteiger partial charge in [0.25, 0.3) is 5.91 Å². The number of halogens is 1. The van der Waals surface area contributed by atoms with Crippen molar-refractivity contribution >= 4 is 11.7 Å². The molecule has 2 heterocycles. The molecule has 1 amide bonds. The summed E-state index contributed by atoms with van der Waals surface area (Å²) in [6.07, 6.45) is 2.91. The van der Waals surface area contributed by atoms with Gasteiger partial charge in [0.2, 0.25) is 0 Å². The molecule has 0 radical (unpaired) electrons. The number of ketones is 1. The van der Waals surface area contributed by atoms with Gasteiger partial charge in [-0.2, -0.15) is 5.10 Å². The molecular formula is C29H26FN3O3. The largest absolute Gasteiger partial charge is 0.497 e. The number of hydrogen-bond donors (Lipinski definition) is 0. The number of likely N-dealkylation sites (tertiary alicyclic amines) is 1. The third kappa shape index (κ3) is 4.77. The van der Waals surface area contributed by atoms with Crippen LogP contribution in [0.4, 0.5) is 4.39 Å². The number of piperidine rings is 1. The first-order valence-electron chi connectivity index (χ1n) is 11.9. The Bertz CT molecular complexity index is 1370. The Labute approximate surface area is 208 Å². The quantitative estimate of drug-likeness (QED) is 0.344. The summed E-state index contributed by atoms with van der Waals surface area (Å²) in [5, 5.41) is 4.69. The van der Waals surface area contributed by atoms with Crippen molar-refractivity contribution in [3.63, 3.8) is 0 Å². The van der Waals surface area contributed by atoms with Crippen LogP contribution in [0.25, 0.3) is 16.9 Å². The molecule has 0 atom stereocenters. The predicted molar refractivity (Wildman–Crippen MR) is 135 cm³/mol. The Morgan fingerprint density at radius 1 is 0.944 bits per heavy atom. The number of methoxy groups -OCH3 is 1. The van der Waals surface area contributed by atoms with Crippen molar-refractivity contribution in [2.24, 2.45) is 5.92 Å². The second-order valence-corrected chi connectivity index (χ2v) is 8.84. The van der Waals surface area contributed by atoms with Crippen LogP contribution < -0.4 is 4.74 Å². The molecular weight excluding hydrogens is 457 g/mol. The maximum atomic E-state index is 13.7. The summed E-state index contributed by atoms with van der Waals surface area (Å²) in [7, 11) is 1.59. The highest BCUT2D eigenvalue weighted by Crippen LogP contribution is 2.30. The normalized spacial score (nSPS) is 14.0. The molecule has 0 unspecified atom stereocenters. The van der Waals surface area contributed by atoms with E-state index in [1.807, 2.05) is 54.6 Å². The van der Waals surface area contributed by atoms with E-state index >= 15 is 0 Å². The third-order valence-corrected chi connectivity index (χ3v) is 6.59. The molecule has 1 aliphatic heterocycles. The van der Waals surface area contributed by atoms with Crippen LogP contribution in [0.2, 0.25) is 0 Å². The molecule has 1 aliphatic rings. The van der Waals surface area contributed by atoms with Crippen molar-refractivity contribution in [3.8, 4) is 22.7 Å². The Balaban J connectivity index is 1.42. The van der Waals surface area contributed by atoms with Crippen LogP contribution in [0.1, 0.15) is 33.6 Å². The maximum Gasteiger partial charge on any atom is 0.257 e. The van der Waals surface area contributed by atoms with Crippen LogP contribution in [0.5, 0.6) is 5.75 Å². The van der Waals surface area contributed by atoms with Gasteiger partial charge in [-0.05, 0) is 49.2 Å². The summed E-state index contributed by atoms with van der Waals surface area (Å²) in [5.74, 6) is 0.192. The first kappa shape index (κ1) is 23.5. The fourth-order valence-electron chi connectivity index (χ4n) is 4.59. The Morgan fingerprint density at radius 3 is 2.36 bits per heavy atom. The molecule has 0 aliphatic carbocycles. The molecule has 7 heteroatoms. The predicted octanol–water partition coefficient (Wildman–Crippen LogP) is 5.42. The van der Waals surface area contributed by atoms with E-state index in [4.69, 9.17) is 9.84 Å². The lowest BCUT2D eigenvalue weighted by Gasteiger charge is -2.31. The fourth-order valence-corrected chi connectivity index (χ4v) is 4.59. The summed E-state index contributed by atoms with van der Waals surface area (Å²) in [5.41, 5.74) is 3.06. The van der Waals surface area contributed by atoms with E-state index in [1.54, 1.807) is 35.0 Å². The zero-order valence-corrected chi connectivity index (χ0v) is 19.9. The number of nitrogens with zero attached hydrogens (tertiary/aromatic N) is 3. The maximum absolute atomic E-state index is 13.7. The minimum absolute atomic E-state index is 0.101. The molecule has 182 valence electrons. The Hall–Kier alpha value is -4.26. The van der Waals surface area contributed by atoms with Gasteiger partial charge in [-0.3, -0.25) is 9.59 Å². The van der Waals surface area contributed by atoms with Gasteiger partial charge in [0.1, 0.15) is 17.3 Å². The minimum Gasteiger partial charge on any atom is -0.497 e. The van der Waals surface area contributed by atoms with Crippen LogP contribution in [0.15, 0.2) is 85.1 Å². The minimum atomic E-state index is -0.344. The molecule has 1 saturated heterocycles. The molecule has 36 heavy (non-hydrogen) atoms. The van der Waals surface area contributed by atoms with Gasteiger partial charge in [0.15, 0.2) is 5.78 Å². The van der Waals surface area contributed by atoms with Crippen LogP contribution in [-0.4, -0.2) is 46.6 Å². The summed E-state index contributed by atoms with van der Waals surface area (Å²) in [6.45, 7) is 0.975. The van der Waals surface area contributed by atoms with E-state index in [0.29, 0.717) is 54.2 Å². The number of hydrogen-bond acceptors (Lipinski definition) is 4. The zero-order chi connectivity index (χ0) is 25.1. The number of rotatable bonds is 6. The second kappa shape index (κ2) is 10.2. The first-order chi connectivity index (χ1) is 17.5. The van der Waals surface area contributed by atoms with Crippen molar-refractivity contribution in [2.75, 3.05) is 20.2 Å². The van der Waals surface area contributed by atoms with Gasteiger partial charge in [-0.15, -0.1) is 0 Å². The number of carbonyl (C=O) groups excluding carboxylic acids is 2. The van der Waals surface area contributed by atoms with Crippen LogP contribution in [-0.2, 0) is 0 Å². The molecule has 6 nitrogen and oxygen atoms in total. The number of aromatic nitrogens is 2. The average Bonchev–Trinajstić information content (AvgIpc) is 3.39. The van der Waals surface area contributed by atoms with E-state index in [-0.39, 0.29) is 23.4 Å². The van der Waals surface area contributed by atoms with Gasteiger partial charge >= 0.3 is 0 Å². The monoisotopic (exact) mass is 483 g/mol. The lowest BCUT2D eigenvalue weighted by Crippen LogP contribution is -2.40. The highest BCUT2D eigenvalue weighted by molar-refractivity contribution is 6.01. The van der Waals surface area contributed by atoms with Gasteiger partial charge in [0, 0.05) is 36.3 Å². The lowest BCUT2D eigenvalue weighted by atomic mass is 9.88. The number of benzene rings is 3. The van der Waals surface area contributed by atoms with Crippen molar-refractivity contribution in [1.82, 2.24) is 14.7 Å². The molecule has 0 bridgehead atoms. The second-order valence-electron chi connectivity index (χ2n) is 8.84. The lowest BCUT2D eigenvalue weighted by molar-refractivity contribution is 0.0651. The molecule has 4 aromatic rings. The van der Waals surface area contributed by atoms with Gasteiger partial charge in [0.05, 0.1) is 18.4 Å².